The van der Waals surface area contributed by atoms with E-state index in [4.69, 9.17) is 0 Å². The van der Waals surface area contributed by atoms with Crippen LogP contribution in [0, 0.1) is 23.1 Å². The van der Waals surface area contributed by atoms with Crippen molar-refractivity contribution in [3.8, 4) is 6.07 Å². The summed E-state index contributed by atoms with van der Waals surface area (Å²) in [5.74, 6) is -0.334. The zero-order valence-corrected chi connectivity index (χ0v) is 18.3. The van der Waals surface area contributed by atoms with E-state index < -0.39 is 21.8 Å². The first-order chi connectivity index (χ1) is 15.4. The van der Waals surface area contributed by atoms with Gasteiger partial charge in [0.25, 0.3) is 0 Å². The van der Waals surface area contributed by atoms with Gasteiger partial charge in [-0.2, -0.15) is 9.57 Å². The Morgan fingerprint density at radius 1 is 1.09 bits per heavy atom. The van der Waals surface area contributed by atoms with Gasteiger partial charge in [0.15, 0.2) is 0 Å². The molecule has 2 aliphatic heterocycles. The number of sulfonamides is 1. The van der Waals surface area contributed by atoms with Crippen LogP contribution >= 0.6 is 0 Å². The van der Waals surface area contributed by atoms with Gasteiger partial charge in [-0.3, -0.25) is 4.79 Å². The summed E-state index contributed by atoms with van der Waals surface area (Å²) in [5, 5.41) is 9.29. The molecule has 0 N–H and O–H groups in total. The van der Waals surface area contributed by atoms with Gasteiger partial charge in [-0.05, 0) is 49.2 Å². The molecule has 0 bridgehead atoms. The summed E-state index contributed by atoms with van der Waals surface area (Å²) in [6, 6.07) is 10.3. The van der Waals surface area contributed by atoms with Crippen LogP contribution in [0.15, 0.2) is 47.5 Å². The number of piperidine rings is 1. The topological polar surface area (TPSA) is 97.6 Å². The van der Waals surface area contributed by atoms with E-state index in [1.54, 1.807) is 23.2 Å². The molecule has 1 atom stereocenters. The predicted octanol–water partition coefficient (Wildman–Crippen LogP) is 1.84. The summed E-state index contributed by atoms with van der Waals surface area (Å²) in [6.45, 7) is 2.55. The molecule has 10 heteroatoms. The number of amides is 1. The van der Waals surface area contributed by atoms with E-state index >= 15 is 0 Å². The van der Waals surface area contributed by atoms with Crippen molar-refractivity contribution in [2.75, 3.05) is 44.2 Å². The van der Waals surface area contributed by atoms with Crippen molar-refractivity contribution in [2.24, 2.45) is 5.92 Å². The molecule has 3 heterocycles. The molecule has 168 valence electrons. The Bertz CT molecular complexity index is 1130. The van der Waals surface area contributed by atoms with Gasteiger partial charge in [-0.15, -0.1) is 0 Å². The molecule has 0 radical (unpaired) electrons. The molecule has 2 aliphatic rings. The fourth-order valence-corrected chi connectivity index (χ4v) is 5.77. The quantitative estimate of drug-likeness (QED) is 0.695. The summed E-state index contributed by atoms with van der Waals surface area (Å²) in [6.07, 6.45) is 2.87. The van der Waals surface area contributed by atoms with Crippen LogP contribution in [0.4, 0.5) is 10.2 Å². The maximum Gasteiger partial charge on any atom is 0.243 e. The largest absolute Gasteiger partial charge is 0.352 e. The number of hydrogen-bond acceptors (Lipinski definition) is 6. The standard InChI is InChI=1S/C22H24FN5O3S/c23-19-5-7-20(8-6-19)32(30,31)28-10-2-4-18(16-28)22(29)27-13-11-26(12-14-27)21-17(15-24)3-1-9-25-21/h1,3,5-9,18H,2,4,10-14,16H2. The molecule has 1 unspecified atom stereocenters. The van der Waals surface area contributed by atoms with Gasteiger partial charge < -0.3 is 9.80 Å². The minimum absolute atomic E-state index is 0.0317. The van der Waals surface area contributed by atoms with E-state index in [2.05, 4.69) is 11.1 Å². The highest BCUT2D eigenvalue weighted by atomic mass is 32.2. The maximum absolute atomic E-state index is 13.2. The van der Waals surface area contributed by atoms with Crippen LogP contribution in [-0.2, 0) is 14.8 Å². The third-order valence-corrected chi connectivity index (χ3v) is 7.86. The number of nitriles is 1. The average molecular weight is 458 g/mol. The Hall–Kier alpha value is -3.03. The number of hydrogen-bond donors (Lipinski definition) is 0. The van der Waals surface area contributed by atoms with Gasteiger partial charge in [0, 0.05) is 45.5 Å². The first-order valence-corrected chi connectivity index (χ1v) is 12.0. The highest BCUT2D eigenvalue weighted by molar-refractivity contribution is 7.89. The second kappa shape index (κ2) is 9.22. The monoisotopic (exact) mass is 457 g/mol. The molecule has 0 spiro atoms. The lowest BCUT2D eigenvalue weighted by molar-refractivity contribution is -0.137. The fourth-order valence-electron chi connectivity index (χ4n) is 4.25. The van der Waals surface area contributed by atoms with Crippen LogP contribution in [0.5, 0.6) is 0 Å². The summed E-state index contributed by atoms with van der Waals surface area (Å²) < 4.78 is 40.4. The predicted molar refractivity (Wildman–Crippen MR) is 116 cm³/mol. The third-order valence-electron chi connectivity index (χ3n) is 5.98. The summed E-state index contributed by atoms with van der Waals surface area (Å²) >= 11 is 0. The molecule has 32 heavy (non-hydrogen) atoms. The number of carbonyl (C=O) groups is 1. The molecule has 1 aromatic heterocycles. The van der Waals surface area contributed by atoms with Crippen molar-refractivity contribution in [3.63, 3.8) is 0 Å². The van der Waals surface area contributed by atoms with Crippen molar-refractivity contribution in [2.45, 2.75) is 17.7 Å². The molecule has 8 nitrogen and oxygen atoms in total. The zero-order valence-electron chi connectivity index (χ0n) is 17.5. The van der Waals surface area contributed by atoms with Crippen molar-refractivity contribution < 1.29 is 17.6 Å². The number of carbonyl (C=O) groups excluding carboxylic acids is 1. The fraction of sp³-hybridized carbons (Fsp3) is 0.409. The Morgan fingerprint density at radius 3 is 2.50 bits per heavy atom. The number of benzene rings is 1. The van der Waals surface area contributed by atoms with Crippen molar-refractivity contribution in [1.82, 2.24) is 14.2 Å². The van der Waals surface area contributed by atoms with E-state index in [-0.39, 0.29) is 17.3 Å². The Morgan fingerprint density at radius 2 is 1.81 bits per heavy atom. The SMILES string of the molecule is N#Cc1cccnc1N1CCN(C(=O)C2CCCN(S(=O)(=O)c3ccc(F)cc3)C2)CC1. The minimum Gasteiger partial charge on any atom is -0.352 e. The van der Waals surface area contributed by atoms with Crippen LogP contribution < -0.4 is 4.90 Å². The molecule has 1 amide bonds. The van der Waals surface area contributed by atoms with Gasteiger partial charge in [0.2, 0.25) is 15.9 Å². The first kappa shape index (κ1) is 22.2. The van der Waals surface area contributed by atoms with Crippen LogP contribution in [0.3, 0.4) is 0 Å². The highest BCUT2D eigenvalue weighted by Gasteiger charge is 2.36. The van der Waals surface area contributed by atoms with Crippen molar-refractivity contribution >= 4 is 21.7 Å². The molecule has 0 saturated carbocycles. The summed E-state index contributed by atoms with van der Waals surface area (Å²) in [5.41, 5.74) is 0.501. The lowest BCUT2D eigenvalue weighted by Gasteiger charge is -2.39. The molecule has 2 saturated heterocycles. The van der Waals surface area contributed by atoms with Gasteiger partial charge in [-0.1, -0.05) is 0 Å². The maximum atomic E-state index is 13.2. The van der Waals surface area contributed by atoms with Crippen LogP contribution in [0.25, 0.3) is 0 Å². The van der Waals surface area contributed by atoms with Gasteiger partial charge in [0.1, 0.15) is 17.7 Å². The number of anilines is 1. The van der Waals surface area contributed by atoms with E-state index in [9.17, 15) is 22.9 Å². The van der Waals surface area contributed by atoms with E-state index in [1.807, 2.05) is 4.90 Å². The van der Waals surface area contributed by atoms with Gasteiger partial charge >= 0.3 is 0 Å². The summed E-state index contributed by atoms with van der Waals surface area (Å²) in [7, 11) is -3.78. The third kappa shape index (κ3) is 4.45. The molecular weight excluding hydrogens is 433 g/mol. The first-order valence-electron chi connectivity index (χ1n) is 10.5. The normalized spacial score (nSPS) is 20.1. The van der Waals surface area contributed by atoms with Crippen LogP contribution in [-0.4, -0.2) is 67.8 Å². The second-order valence-electron chi connectivity index (χ2n) is 7.95. The lowest BCUT2D eigenvalue weighted by atomic mass is 9.97. The molecule has 1 aromatic carbocycles. The van der Waals surface area contributed by atoms with E-state index in [0.29, 0.717) is 56.9 Å². The number of piperazine rings is 1. The van der Waals surface area contributed by atoms with Crippen molar-refractivity contribution in [1.29, 1.82) is 5.26 Å². The van der Waals surface area contributed by atoms with Crippen molar-refractivity contribution in [3.05, 3.63) is 54.0 Å². The minimum atomic E-state index is -3.78. The van der Waals surface area contributed by atoms with Gasteiger partial charge in [-0.25, -0.2) is 17.8 Å². The molecule has 4 rings (SSSR count). The molecule has 2 fully saturated rings. The van der Waals surface area contributed by atoms with E-state index in [1.165, 1.54) is 16.4 Å². The number of pyridine rings is 1. The van der Waals surface area contributed by atoms with E-state index in [0.717, 1.165) is 12.1 Å². The van der Waals surface area contributed by atoms with Crippen LogP contribution in [0.2, 0.25) is 0 Å². The van der Waals surface area contributed by atoms with Crippen LogP contribution in [0.1, 0.15) is 18.4 Å². The summed E-state index contributed by atoms with van der Waals surface area (Å²) in [4.78, 5) is 21.2. The Labute approximate surface area is 186 Å². The number of halogens is 1. The lowest BCUT2D eigenvalue weighted by Crippen LogP contribution is -2.53. The Kier molecular flexibility index (Phi) is 6.39. The molecule has 0 aliphatic carbocycles. The average Bonchev–Trinajstić information content (AvgIpc) is 2.84. The zero-order chi connectivity index (χ0) is 22.7. The Balaban J connectivity index is 1.40. The number of aromatic nitrogens is 1. The highest BCUT2D eigenvalue weighted by Crippen LogP contribution is 2.26. The smallest absolute Gasteiger partial charge is 0.243 e. The van der Waals surface area contributed by atoms with Gasteiger partial charge in [0.05, 0.1) is 16.4 Å². The number of rotatable bonds is 4. The second-order valence-corrected chi connectivity index (χ2v) is 9.89. The molecule has 2 aromatic rings. The number of nitrogens with zero attached hydrogens (tertiary/aromatic N) is 5. The molecular formula is C22H24FN5O3S.